The Morgan fingerprint density at radius 2 is 1.85 bits per heavy atom. The van der Waals surface area contributed by atoms with E-state index in [-0.39, 0.29) is 29.8 Å². The lowest BCUT2D eigenvalue weighted by molar-refractivity contribution is 0.0301. The number of rotatable bonds is 8. The monoisotopic (exact) mass is 635 g/mol. The second-order valence-corrected chi connectivity index (χ2v) is 12.2. The van der Waals surface area contributed by atoms with Crippen molar-refractivity contribution in [1.29, 1.82) is 0 Å². The number of benzene rings is 3. The van der Waals surface area contributed by atoms with Gasteiger partial charge < -0.3 is 34.3 Å². The fourth-order valence-electron chi connectivity index (χ4n) is 6.48. The number of fused-ring (bicyclic) bond motifs is 1. The highest BCUT2D eigenvalue weighted by Crippen LogP contribution is 2.41. The molecule has 0 atom stereocenters. The van der Waals surface area contributed by atoms with E-state index < -0.39 is 0 Å². The maximum absolute atomic E-state index is 13.7. The summed E-state index contributed by atoms with van der Waals surface area (Å²) in [6.45, 7) is 2.16. The van der Waals surface area contributed by atoms with Crippen molar-refractivity contribution >= 4 is 29.0 Å². The van der Waals surface area contributed by atoms with E-state index >= 15 is 0 Å². The number of methoxy groups -OCH3 is 1. The zero-order valence-corrected chi connectivity index (χ0v) is 26.5. The van der Waals surface area contributed by atoms with Crippen LogP contribution in [0.5, 0.6) is 5.75 Å². The van der Waals surface area contributed by atoms with Crippen LogP contribution in [0.2, 0.25) is 0 Å². The second kappa shape index (κ2) is 12.7. The first-order valence-corrected chi connectivity index (χ1v) is 15.9. The Bertz CT molecular complexity index is 1930. The molecule has 11 nitrogen and oxygen atoms in total. The largest absolute Gasteiger partial charge is 0.496 e. The highest BCUT2D eigenvalue weighted by atomic mass is 16.5. The van der Waals surface area contributed by atoms with Gasteiger partial charge in [0.15, 0.2) is 5.82 Å². The van der Waals surface area contributed by atoms with Crippen molar-refractivity contribution in [1.82, 2.24) is 14.5 Å². The summed E-state index contributed by atoms with van der Waals surface area (Å²) in [6.07, 6.45) is 4.75. The molecule has 1 aliphatic carbocycles. The zero-order chi connectivity index (χ0) is 32.7. The zero-order valence-electron chi connectivity index (χ0n) is 26.5. The molecule has 1 aromatic heterocycles. The Morgan fingerprint density at radius 3 is 2.60 bits per heavy atom. The molecule has 2 amide bonds. The molecule has 2 fully saturated rings. The molecule has 4 aromatic rings. The molecule has 7 rings (SSSR count). The van der Waals surface area contributed by atoms with Gasteiger partial charge in [-0.1, -0.05) is 24.3 Å². The predicted octanol–water partition coefficient (Wildman–Crippen LogP) is 4.24. The number of aliphatic hydroxyl groups excluding tert-OH is 1. The number of anilines is 3. The standard InChI is InChI=1S/C36H37N5O6/c1-39-20-30(38-33(36(39)45)37-25-9-11-28(32(19-25)46-2)34(43)40-14-16-47-17-15-40)27-4-3-5-31(29(27)21-42)41-13-12-24-18-23(22-6-7-22)8-10-26(24)35(41)44/h3-5,8-11,18-20,22,42H,6-7,12-17,21H2,1-2H3,(H,37,38). The Balaban J connectivity index is 1.19. The van der Waals surface area contributed by atoms with Gasteiger partial charge in [-0.05, 0) is 60.6 Å². The van der Waals surface area contributed by atoms with E-state index in [1.165, 1.54) is 30.1 Å². The third-order valence-electron chi connectivity index (χ3n) is 9.20. The number of ether oxygens (including phenoxy) is 2. The molecule has 0 unspecified atom stereocenters. The van der Waals surface area contributed by atoms with Crippen LogP contribution in [0, 0.1) is 0 Å². The molecule has 11 heteroatoms. The minimum atomic E-state index is -0.365. The third-order valence-corrected chi connectivity index (χ3v) is 9.20. The lowest BCUT2D eigenvalue weighted by Gasteiger charge is -2.31. The molecular formula is C36H37N5O6. The summed E-state index contributed by atoms with van der Waals surface area (Å²) in [5, 5.41) is 13.7. The Hall–Kier alpha value is -5.00. The smallest absolute Gasteiger partial charge is 0.293 e. The van der Waals surface area contributed by atoms with Crippen LogP contribution in [0.25, 0.3) is 11.3 Å². The Labute approximate surface area is 272 Å². The first-order valence-electron chi connectivity index (χ1n) is 15.9. The minimum absolute atomic E-state index is 0.0584. The summed E-state index contributed by atoms with van der Waals surface area (Å²) in [5.74, 6) is 0.795. The molecule has 1 saturated carbocycles. The van der Waals surface area contributed by atoms with Gasteiger partial charge in [-0.2, -0.15) is 0 Å². The van der Waals surface area contributed by atoms with Crippen LogP contribution in [0.4, 0.5) is 17.2 Å². The number of nitrogens with one attached hydrogen (secondary N) is 1. The van der Waals surface area contributed by atoms with Crippen LogP contribution in [0.15, 0.2) is 65.6 Å². The summed E-state index contributed by atoms with van der Waals surface area (Å²) < 4.78 is 12.3. The number of aromatic nitrogens is 2. The van der Waals surface area contributed by atoms with E-state index in [1.807, 2.05) is 24.3 Å². The fourth-order valence-corrected chi connectivity index (χ4v) is 6.48. The molecule has 2 N–H and O–H groups in total. The normalized spacial score (nSPS) is 16.2. The van der Waals surface area contributed by atoms with E-state index in [0.717, 1.165) is 12.0 Å². The molecule has 3 heterocycles. The maximum Gasteiger partial charge on any atom is 0.293 e. The molecule has 242 valence electrons. The molecule has 47 heavy (non-hydrogen) atoms. The van der Waals surface area contributed by atoms with Gasteiger partial charge in [-0.15, -0.1) is 0 Å². The Kier molecular flexibility index (Phi) is 8.25. The topological polar surface area (TPSA) is 126 Å². The number of morpholine rings is 1. The SMILES string of the molecule is COc1cc(Nc2nc(-c3cccc(N4CCc5cc(C6CC6)ccc5C4=O)c3CO)cn(C)c2=O)ccc1C(=O)N1CCOCC1. The van der Waals surface area contributed by atoms with Crippen LogP contribution < -0.4 is 20.5 Å². The van der Waals surface area contributed by atoms with E-state index in [1.54, 1.807) is 41.2 Å². The summed E-state index contributed by atoms with van der Waals surface area (Å²) in [7, 11) is 3.13. The quantitative estimate of drug-likeness (QED) is 0.295. The highest BCUT2D eigenvalue weighted by Gasteiger charge is 2.31. The van der Waals surface area contributed by atoms with Gasteiger partial charge in [0, 0.05) is 61.3 Å². The van der Waals surface area contributed by atoms with Crippen molar-refractivity contribution in [2.45, 2.75) is 31.8 Å². The molecule has 1 saturated heterocycles. The van der Waals surface area contributed by atoms with E-state index in [0.29, 0.717) is 83.8 Å². The van der Waals surface area contributed by atoms with Crippen LogP contribution >= 0.6 is 0 Å². The first kappa shape index (κ1) is 30.6. The van der Waals surface area contributed by atoms with E-state index in [4.69, 9.17) is 9.47 Å². The number of hydrogen-bond acceptors (Lipinski definition) is 8. The van der Waals surface area contributed by atoms with Crippen LogP contribution in [-0.2, 0) is 24.8 Å². The molecule has 0 bridgehead atoms. The molecular weight excluding hydrogens is 598 g/mol. The number of hydrogen-bond donors (Lipinski definition) is 2. The summed E-state index contributed by atoms with van der Waals surface area (Å²) in [4.78, 5) is 48.2. The van der Waals surface area contributed by atoms with Gasteiger partial charge in [-0.25, -0.2) is 4.98 Å². The van der Waals surface area contributed by atoms with E-state index in [2.05, 4.69) is 22.4 Å². The summed E-state index contributed by atoms with van der Waals surface area (Å²) in [5.41, 5.74) is 5.85. The predicted molar refractivity (Wildman–Crippen MR) is 178 cm³/mol. The number of aryl methyl sites for hydroxylation is 1. The van der Waals surface area contributed by atoms with Crippen molar-refractivity contribution in [3.63, 3.8) is 0 Å². The lowest BCUT2D eigenvalue weighted by atomic mass is 9.93. The van der Waals surface area contributed by atoms with Crippen molar-refractivity contribution in [2.75, 3.05) is 50.2 Å². The van der Waals surface area contributed by atoms with E-state index in [9.17, 15) is 19.5 Å². The fraction of sp³-hybridized carbons (Fsp3) is 0.333. The first-order chi connectivity index (χ1) is 22.9. The molecule has 3 aliphatic rings. The average Bonchev–Trinajstić information content (AvgIpc) is 3.96. The number of nitrogens with zero attached hydrogens (tertiary/aromatic N) is 4. The number of carbonyl (C=O) groups is 2. The van der Waals surface area contributed by atoms with Gasteiger partial charge >= 0.3 is 0 Å². The van der Waals surface area contributed by atoms with Crippen LogP contribution in [0.1, 0.15) is 56.2 Å². The van der Waals surface area contributed by atoms with Gasteiger partial charge in [0.25, 0.3) is 17.4 Å². The number of aliphatic hydroxyl groups is 1. The Morgan fingerprint density at radius 1 is 1.04 bits per heavy atom. The molecule has 2 aliphatic heterocycles. The summed E-state index contributed by atoms with van der Waals surface area (Å²) in [6, 6.07) is 16.7. The van der Waals surface area contributed by atoms with Crippen LogP contribution in [0.3, 0.4) is 0 Å². The van der Waals surface area contributed by atoms with Crippen molar-refractivity contribution in [2.24, 2.45) is 7.05 Å². The molecule has 0 spiro atoms. The molecule has 0 radical (unpaired) electrons. The maximum atomic E-state index is 13.7. The van der Waals surface area contributed by atoms with Gasteiger partial charge in [0.1, 0.15) is 5.75 Å². The average molecular weight is 636 g/mol. The van der Waals surface area contributed by atoms with Gasteiger partial charge in [-0.3, -0.25) is 14.4 Å². The molecule has 3 aromatic carbocycles. The third kappa shape index (κ3) is 5.88. The van der Waals surface area contributed by atoms with Crippen molar-refractivity contribution < 1.29 is 24.2 Å². The lowest BCUT2D eigenvalue weighted by Crippen LogP contribution is -2.40. The van der Waals surface area contributed by atoms with Crippen molar-refractivity contribution in [3.05, 3.63) is 99.0 Å². The minimum Gasteiger partial charge on any atom is -0.496 e. The van der Waals surface area contributed by atoms with Gasteiger partial charge in [0.05, 0.1) is 43.9 Å². The summed E-state index contributed by atoms with van der Waals surface area (Å²) >= 11 is 0. The number of carbonyl (C=O) groups excluding carboxylic acids is 2. The van der Waals surface area contributed by atoms with Crippen molar-refractivity contribution in [3.8, 4) is 17.0 Å². The highest BCUT2D eigenvalue weighted by molar-refractivity contribution is 6.09. The second-order valence-electron chi connectivity index (χ2n) is 12.2. The van der Waals surface area contributed by atoms with Gasteiger partial charge in [0.2, 0.25) is 0 Å². The number of amides is 2. The van der Waals surface area contributed by atoms with Crippen LogP contribution in [-0.4, -0.2) is 71.3 Å².